The van der Waals surface area contributed by atoms with E-state index in [-0.39, 0.29) is 5.91 Å². The van der Waals surface area contributed by atoms with Gasteiger partial charge in [-0.2, -0.15) is 0 Å². The van der Waals surface area contributed by atoms with Crippen LogP contribution in [0, 0.1) is 0 Å². The van der Waals surface area contributed by atoms with Gasteiger partial charge in [-0.25, -0.2) is 10.4 Å². The van der Waals surface area contributed by atoms with Crippen LogP contribution < -0.4 is 21.8 Å². The Morgan fingerprint density at radius 2 is 0.755 bits per heavy atom. The molecule has 0 aliphatic carbocycles. The number of nitrogens with zero attached hydrogens (tertiary/aromatic N) is 1. The highest BCUT2D eigenvalue weighted by molar-refractivity contribution is 5.77. The summed E-state index contributed by atoms with van der Waals surface area (Å²) in [4.78, 5) is 12.5. The number of unbranched alkanes of at least 4 members (excludes halogenated alkanes) is 29. The van der Waals surface area contributed by atoms with Crippen LogP contribution in [0.2, 0.25) is 0 Å². The summed E-state index contributed by atoms with van der Waals surface area (Å²) in [6.07, 6.45) is 45.0. The number of carbonyl (C=O) groups excluding carboxylic acids is 1. The molecule has 0 aromatic carbocycles. The van der Waals surface area contributed by atoms with Gasteiger partial charge in [-0.1, -0.05) is 194 Å². The van der Waals surface area contributed by atoms with Gasteiger partial charge in [0.1, 0.15) is 0 Å². The molecule has 0 heterocycles. The monoisotopic (exact) mass is 694 g/mol. The van der Waals surface area contributed by atoms with Crippen LogP contribution in [0.5, 0.6) is 0 Å². The molecule has 0 atom stereocenters. The summed E-state index contributed by atoms with van der Waals surface area (Å²) in [6, 6.07) is 0. The highest BCUT2D eigenvalue weighted by Crippen LogP contribution is 2.15. The second kappa shape index (κ2) is 43.5. The fraction of sp³-hybridized carbons (Fsp3) is 0.977. The van der Waals surface area contributed by atoms with Gasteiger partial charge in [-0.3, -0.25) is 4.79 Å². The fourth-order valence-corrected chi connectivity index (χ4v) is 6.82. The predicted molar refractivity (Wildman–Crippen MR) is 218 cm³/mol. The Bertz CT molecular complexity index is 585. The molecule has 0 bridgehead atoms. The third kappa shape index (κ3) is 41.6. The minimum atomic E-state index is 0.120. The molecule has 0 rings (SSSR count). The smallest absolute Gasteiger partial charge is 0.235 e. The minimum Gasteiger partial charge on any atom is -0.355 e. The Morgan fingerprint density at radius 1 is 0.429 bits per heavy atom. The number of amides is 1. The first-order valence-electron chi connectivity index (χ1n) is 22.4. The van der Waals surface area contributed by atoms with E-state index in [0.29, 0.717) is 6.54 Å². The van der Waals surface area contributed by atoms with Gasteiger partial charge >= 0.3 is 0 Å². The lowest BCUT2D eigenvalue weighted by atomic mass is 10.0. The molecular weight excluding hydrogens is 603 g/mol. The summed E-state index contributed by atoms with van der Waals surface area (Å²) in [5, 5.41) is 8.87. The molecule has 0 fully saturated rings. The number of rotatable bonds is 43. The lowest BCUT2D eigenvalue weighted by Crippen LogP contribution is -2.45. The zero-order valence-electron chi connectivity index (χ0n) is 33.7. The predicted octanol–water partition coefficient (Wildman–Crippen LogP) is 11.4. The van der Waals surface area contributed by atoms with Gasteiger partial charge in [-0.05, 0) is 51.7 Å². The molecule has 0 aliphatic rings. The largest absolute Gasteiger partial charge is 0.355 e. The molecule has 5 N–H and O–H groups in total. The van der Waals surface area contributed by atoms with Gasteiger partial charge in [0.15, 0.2) is 0 Å². The van der Waals surface area contributed by atoms with Crippen molar-refractivity contribution in [2.24, 2.45) is 5.73 Å². The van der Waals surface area contributed by atoms with Crippen LogP contribution in [0.1, 0.15) is 226 Å². The van der Waals surface area contributed by atoms with E-state index in [2.05, 4.69) is 34.9 Å². The number of hydrogen-bond donors (Lipinski definition) is 4. The maximum atomic E-state index is 12.5. The Kier molecular flexibility index (Phi) is 42.9. The van der Waals surface area contributed by atoms with E-state index in [4.69, 9.17) is 5.73 Å². The number of nitrogens with two attached hydrogens (primary N) is 1. The number of nitrogens with one attached hydrogen (secondary N) is 3. The van der Waals surface area contributed by atoms with Crippen LogP contribution in [0.3, 0.4) is 0 Å². The van der Waals surface area contributed by atoms with Crippen molar-refractivity contribution in [2.75, 3.05) is 45.8 Å². The highest BCUT2D eigenvalue weighted by atomic mass is 16.2. The molecule has 1 amide bonds. The summed E-state index contributed by atoms with van der Waals surface area (Å²) in [5.41, 5.74) is 9.04. The van der Waals surface area contributed by atoms with Crippen molar-refractivity contribution in [3.8, 4) is 0 Å². The Balaban J connectivity index is 4.02. The van der Waals surface area contributed by atoms with Gasteiger partial charge in [0.25, 0.3) is 0 Å². The van der Waals surface area contributed by atoms with Crippen molar-refractivity contribution >= 4 is 5.91 Å². The Labute approximate surface area is 308 Å². The minimum absolute atomic E-state index is 0.120. The number of carbonyl (C=O) groups is 1. The van der Waals surface area contributed by atoms with E-state index in [1.165, 1.54) is 193 Å². The molecule has 0 unspecified atom stereocenters. The molecule has 0 saturated heterocycles. The SMILES string of the molecule is CCCCCCCCCCCCCCCCCN(CCCCCCCCCCCCCCCCC)NCC(=O)NCCCCNCCCN. The second-order valence-electron chi connectivity index (χ2n) is 15.2. The molecule has 0 saturated carbocycles. The van der Waals surface area contributed by atoms with Crippen LogP contribution in [-0.2, 0) is 4.79 Å². The molecule has 0 aromatic rings. The summed E-state index contributed by atoms with van der Waals surface area (Å²) in [7, 11) is 0. The maximum Gasteiger partial charge on any atom is 0.235 e. The molecule has 294 valence electrons. The van der Waals surface area contributed by atoms with Crippen LogP contribution in [0.4, 0.5) is 0 Å². The zero-order chi connectivity index (χ0) is 35.6. The molecule has 6 heteroatoms. The average molecular weight is 694 g/mol. The first-order chi connectivity index (χ1) is 24.2. The summed E-state index contributed by atoms with van der Waals surface area (Å²) in [6.45, 7) is 10.6. The van der Waals surface area contributed by atoms with Gasteiger partial charge in [0, 0.05) is 19.6 Å². The molecule has 0 spiro atoms. The quantitative estimate of drug-likeness (QED) is 0.0377. The van der Waals surface area contributed by atoms with Gasteiger partial charge in [0.05, 0.1) is 6.54 Å². The molecule has 6 nitrogen and oxygen atoms in total. The van der Waals surface area contributed by atoms with E-state index < -0.39 is 0 Å². The maximum absolute atomic E-state index is 12.5. The Morgan fingerprint density at radius 3 is 1.12 bits per heavy atom. The van der Waals surface area contributed by atoms with Gasteiger partial charge in [-0.15, -0.1) is 0 Å². The lowest BCUT2D eigenvalue weighted by Gasteiger charge is -2.23. The number of hydrogen-bond acceptors (Lipinski definition) is 5. The Hall–Kier alpha value is -0.690. The third-order valence-corrected chi connectivity index (χ3v) is 10.2. The third-order valence-electron chi connectivity index (χ3n) is 10.2. The van der Waals surface area contributed by atoms with Crippen molar-refractivity contribution in [1.82, 2.24) is 21.1 Å². The van der Waals surface area contributed by atoms with Gasteiger partial charge in [0.2, 0.25) is 5.91 Å². The van der Waals surface area contributed by atoms with Crippen molar-refractivity contribution < 1.29 is 4.79 Å². The van der Waals surface area contributed by atoms with E-state index in [1.54, 1.807) is 0 Å². The van der Waals surface area contributed by atoms with E-state index in [9.17, 15) is 4.79 Å². The average Bonchev–Trinajstić information content (AvgIpc) is 3.11. The normalized spacial score (nSPS) is 11.6. The molecule has 49 heavy (non-hydrogen) atoms. The molecule has 0 radical (unpaired) electrons. The summed E-state index contributed by atoms with van der Waals surface area (Å²) >= 11 is 0. The van der Waals surface area contributed by atoms with Crippen molar-refractivity contribution in [2.45, 2.75) is 226 Å². The molecular formula is C43H91N5O. The first kappa shape index (κ1) is 48.3. The van der Waals surface area contributed by atoms with Crippen LogP contribution in [0.15, 0.2) is 0 Å². The molecule has 0 aromatic heterocycles. The second-order valence-corrected chi connectivity index (χ2v) is 15.2. The zero-order valence-corrected chi connectivity index (χ0v) is 33.7. The highest BCUT2D eigenvalue weighted by Gasteiger charge is 2.08. The van der Waals surface area contributed by atoms with E-state index in [1.807, 2.05) is 0 Å². The van der Waals surface area contributed by atoms with Crippen LogP contribution in [-0.4, -0.2) is 56.7 Å². The summed E-state index contributed by atoms with van der Waals surface area (Å²) < 4.78 is 0. The lowest BCUT2D eigenvalue weighted by molar-refractivity contribution is -0.121. The van der Waals surface area contributed by atoms with Crippen molar-refractivity contribution in [3.63, 3.8) is 0 Å². The molecule has 0 aliphatic heterocycles. The number of hydrazine groups is 1. The standard InChI is InChI=1S/C43H91N5O/c1-3-5-7-9-11-13-15-17-19-21-23-25-27-29-33-40-48(47-42-43(49)46-39-32-31-37-45-38-35-36-44)41-34-30-28-26-24-22-20-18-16-14-12-10-8-6-4-2/h45,47H,3-42,44H2,1-2H3,(H,46,49). The topological polar surface area (TPSA) is 82.4 Å². The summed E-state index contributed by atoms with van der Waals surface area (Å²) in [5.74, 6) is 0.120. The van der Waals surface area contributed by atoms with Crippen LogP contribution in [0.25, 0.3) is 0 Å². The van der Waals surface area contributed by atoms with Crippen molar-refractivity contribution in [1.29, 1.82) is 0 Å². The van der Waals surface area contributed by atoms with Crippen LogP contribution >= 0.6 is 0 Å². The van der Waals surface area contributed by atoms with Crippen molar-refractivity contribution in [3.05, 3.63) is 0 Å². The van der Waals surface area contributed by atoms with E-state index in [0.717, 1.165) is 58.5 Å². The first-order valence-corrected chi connectivity index (χ1v) is 22.4. The van der Waals surface area contributed by atoms with E-state index >= 15 is 0 Å². The fourth-order valence-electron chi connectivity index (χ4n) is 6.82. The van der Waals surface area contributed by atoms with Gasteiger partial charge < -0.3 is 16.4 Å².